The van der Waals surface area contributed by atoms with Gasteiger partial charge >= 0.3 is 0 Å². The van der Waals surface area contributed by atoms with Gasteiger partial charge in [0.15, 0.2) is 5.65 Å². The summed E-state index contributed by atoms with van der Waals surface area (Å²) in [5.74, 6) is 0.0960. The number of aromatic nitrogens is 3. The van der Waals surface area contributed by atoms with Crippen LogP contribution >= 0.6 is 11.3 Å². The van der Waals surface area contributed by atoms with Crippen molar-refractivity contribution in [2.24, 2.45) is 0 Å². The van der Waals surface area contributed by atoms with Gasteiger partial charge in [0.1, 0.15) is 0 Å². The number of rotatable bonds is 1. The van der Waals surface area contributed by atoms with Crippen molar-refractivity contribution in [1.29, 1.82) is 0 Å². The molecule has 5 nitrogen and oxygen atoms in total. The van der Waals surface area contributed by atoms with E-state index in [1.165, 1.54) is 5.69 Å². The number of nitrogens with zero attached hydrogens (tertiary/aromatic N) is 4. The fourth-order valence-electron chi connectivity index (χ4n) is 2.80. The van der Waals surface area contributed by atoms with Gasteiger partial charge in [0.2, 0.25) is 0 Å². The molecule has 106 valence electrons. The fourth-order valence-corrected chi connectivity index (χ4v) is 3.43. The summed E-state index contributed by atoms with van der Waals surface area (Å²) in [5, 5.41) is 8.33. The highest BCUT2D eigenvalue weighted by atomic mass is 32.1. The SMILES string of the molecule is Cc1cc2ncc3c(n2n1)CCN(C(=O)c1ccsc1)C3. The van der Waals surface area contributed by atoms with Crippen LogP contribution in [0.2, 0.25) is 0 Å². The Kier molecular flexibility index (Phi) is 2.78. The van der Waals surface area contributed by atoms with E-state index in [1.807, 2.05) is 45.4 Å². The number of fused-ring (bicyclic) bond motifs is 3. The molecule has 0 unspecified atom stereocenters. The Morgan fingerprint density at radius 2 is 2.33 bits per heavy atom. The Balaban J connectivity index is 1.69. The van der Waals surface area contributed by atoms with Crippen LogP contribution in [0.1, 0.15) is 27.3 Å². The van der Waals surface area contributed by atoms with Gasteiger partial charge in [-0.3, -0.25) is 4.79 Å². The maximum Gasteiger partial charge on any atom is 0.255 e. The van der Waals surface area contributed by atoms with Gasteiger partial charge in [-0.2, -0.15) is 16.4 Å². The Labute approximate surface area is 125 Å². The van der Waals surface area contributed by atoms with Gasteiger partial charge in [-0.25, -0.2) is 9.50 Å². The Hall–Kier alpha value is -2.21. The van der Waals surface area contributed by atoms with Gasteiger partial charge in [-0.1, -0.05) is 0 Å². The molecule has 1 aliphatic heterocycles. The maximum atomic E-state index is 12.4. The molecule has 0 saturated heterocycles. The Bertz CT molecular complexity index is 822. The van der Waals surface area contributed by atoms with Crippen molar-refractivity contribution in [3.8, 4) is 0 Å². The van der Waals surface area contributed by atoms with Crippen LogP contribution in [0, 0.1) is 6.92 Å². The minimum atomic E-state index is 0.0960. The second-order valence-corrected chi connectivity index (χ2v) is 6.05. The molecule has 0 aliphatic carbocycles. The van der Waals surface area contributed by atoms with Crippen molar-refractivity contribution < 1.29 is 4.79 Å². The third-order valence-corrected chi connectivity index (χ3v) is 4.51. The van der Waals surface area contributed by atoms with Crippen LogP contribution < -0.4 is 0 Å². The molecule has 0 fully saturated rings. The van der Waals surface area contributed by atoms with Gasteiger partial charge < -0.3 is 4.90 Å². The van der Waals surface area contributed by atoms with Crippen LogP contribution in [0.4, 0.5) is 0 Å². The van der Waals surface area contributed by atoms with Crippen LogP contribution in [0.5, 0.6) is 0 Å². The molecule has 4 heterocycles. The molecule has 3 aromatic heterocycles. The molecule has 3 aromatic rings. The normalized spacial score (nSPS) is 14.4. The van der Waals surface area contributed by atoms with E-state index in [0.29, 0.717) is 6.54 Å². The Morgan fingerprint density at radius 1 is 1.43 bits per heavy atom. The monoisotopic (exact) mass is 298 g/mol. The summed E-state index contributed by atoms with van der Waals surface area (Å²) in [6, 6.07) is 3.85. The van der Waals surface area contributed by atoms with E-state index in [2.05, 4.69) is 10.1 Å². The predicted molar refractivity (Wildman–Crippen MR) is 80.5 cm³/mol. The average molecular weight is 298 g/mol. The number of thiophene rings is 1. The molecule has 1 amide bonds. The molecule has 0 saturated carbocycles. The minimum absolute atomic E-state index is 0.0960. The average Bonchev–Trinajstić information content (AvgIpc) is 3.14. The first kappa shape index (κ1) is 12.5. The van der Waals surface area contributed by atoms with E-state index in [-0.39, 0.29) is 5.91 Å². The lowest BCUT2D eigenvalue weighted by atomic mass is 10.1. The second-order valence-electron chi connectivity index (χ2n) is 5.27. The third-order valence-electron chi connectivity index (χ3n) is 3.83. The molecule has 6 heteroatoms. The number of hydrogen-bond acceptors (Lipinski definition) is 4. The third kappa shape index (κ3) is 2.03. The van der Waals surface area contributed by atoms with Gasteiger partial charge in [0.25, 0.3) is 5.91 Å². The lowest BCUT2D eigenvalue weighted by molar-refractivity contribution is 0.0733. The van der Waals surface area contributed by atoms with Crippen molar-refractivity contribution in [2.45, 2.75) is 19.9 Å². The molecule has 21 heavy (non-hydrogen) atoms. The van der Waals surface area contributed by atoms with Crippen molar-refractivity contribution >= 4 is 22.9 Å². The standard InChI is InChI=1S/C15H14N4OS/c1-10-6-14-16-7-12-8-18(4-2-13(12)19(14)17-10)15(20)11-3-5-21-9-11/h3,5-7,9H,2,4,8H2,1H3. The van der Waals surface area contributed by atoms with Crippen molar-refractivity contribution in [3.63, 3.8) is 0 Å². The Morgan fingerprint density at radius 3 is 3.14 bits per heavy atom. The van der Waals surface area contributed by atoms with Crippen molar-refractivity contribution in [2.75, 3.05) is 6.54 Å². The summed E-state index contributed by atoms with van der Waals surface area (Å²) in [6.07, 6.45) is 2.68. The van der Waals surface area contributed by atoms with Crippen LogP contribution in [-0.2, 0) is 13.0 Å². The zero-order valence-corrected chi connectivity index (χ0v) is 12.4. The second kappa shape index (κ2) is 4.66. The van der Waals surface area contributed by atoms with Crippen molar-refractivity contribution in [3.05, 3.63) is 51.6 Å². The summed E-state index contributed by atoms with van der Waals surface area (Å²) in [4.78, 5) is 18.7. The van der Waals surface area contributed by atoms with Crippen LogP contribution in [0.15, 0.2) is 29.1 Å². The summed E-state index contributed by atoms with van der Waals surface area (Å²) >= 11 is 1.55. The number of amides is 1. The quantitative estimate of drug-likeness (QED) is 0.692. The van der Waals surface area contributed by atoms with Crippen LogP contribution in [-0.4, -0.2) is 31.9 Å². The first-order valence-corrected chi connectivity index (χ1v) is 7.81. The summed E-state index contributed by atoms with van der Waals surface area (Å²) < 4.78 is 1.91. The first-order chi connectivity index (χ1) is 10.2. The highest BCUT2D eigenvalue weighted by molar-refractivity contribution is 7.08. The topological polar surface area (TPSA) is 50.5 Å². The maximum absolute atomic E-state index is 12.4. The number of carbonyl (C=O) groups excluding carboxylic acids is 1. The van der Waals surface area contributed by atoms with Gasteiger partial charge in [-0.15, -0.1) is 0 Å². The zero-order valence-electron chi connectivity index (χ0n) is 11.6. The van der Waals surface area contributed by atoms with Gasteiger partial charge in [0.05, 0.1) is 17.0 Å². The molecule has 0 radical (unpaired) electrons. The van der Waals surface area contributed by atoms with Crippen LogP contribution in [0.25, 0.3) is 5.65 Å². The zero-order chi connectivity index (χ0) is 14.4. The van der Waals surface area contributed by atoms with E-state index < -0.39 is 0 Å². The summed E-state index contributed by atoms with van der Waals surface area (Å²) in [6.45, 7) is 3.29. The number of hydrogen-bond donors (Lipinski definition) is 0. The smallest absolute Gasteiger partial charge is 0.255 e. The molecular weight excluding hydrogens is 284 g/mol. The number of carbonyl (C=O) groups is 1. The lowest BCUT2D eigenvalue weighted by Crippen LogP contribution is -2.36. The molecular formula is C15H14N4OS. The van der Waals surface area contributed by atoms with Gasteiger partial charge in [-0.05, 0) is 18.4 Å². The number of aryl methyl sites for hydroxylation is 1. The summed E-state index contributed by atoms with van der Waals surface area (Å²) in [7, 11) is 0. The molecule has 4 rings (SSSR count). The molecule has 1 aliphatic rings. The largest absolute Gasteiger partial charge is 0.334 e. The van der Waals surface area contributed by atoms with E-state index in [9.17, 15) is 4.79 Å². The van der Waals surface area contributed by atoms with E-state index in [4.69, 9.17) is 0 Å². The molecule has 0 aromatic carbocycles. The molecule has 0 spiro atoms. The molecule has 0 N–H and O–H groups in total. The van der Waals surface area contributed by atoms with Gasteiger partial charge in [0, 0.05) is 42.7 Å². The lowest BCUT2D eigenvalue weighted by Gasteiger charge is -2.28. The van der Waals surface area contributed by atoms with E-state index in [0.717, 1.165) is 35.4 Å². The highest BCUT2D eigenvalue weighted by Gasteiger charge is 2.24. The molecule has 0 atom stereocenters. The summed E-state index contributed by atoms with van der Waals surface area (Å²) in [5.41, 5.74) is 4.87. The van der Waals surface area contributed by atoms with Crippen molar-refractivity contribution in [1.82, 2.24) is 19.5 Å². The predicted octanol–water partition coefficient (Wildman–Crippen LogP) is 2.30. The van der Waals surface area contributed by atoms with Crippen LogP contribution in [0.3, 0.4) is 0 Å². The van der Waals surface area contributed by atoms with E-state index in [1.54, 1.807) is 11.3 Å². The van der Waals surface area contributed by atoms with E-state index >= 15 is 0 Å². The molecule has 0 bridgehead atoms. The highest BCUT2D eigenvalue weighted by Crippen LogP contribution is 2.21. The minimum Gasteiger partial charge on any atom is -0.334 e. The fraction of sp³-hybridized carbons (Fsp3) is 0.267. The first-order valence-electron chi connectivity index (χ1n) is 6.87.